The number of benzene rings is 1. The number of non-ortho nitro benzene ring substituents is 1. The molecule has 0 aliphatic heterocycles. The van der Waals surface area contributed by atoms with Crippen molar-refractivity contribution in [3.8, 4) is 0 Å². The van der Waals surface area contributed by atoms with Gasteiger partial charge in [-0.2, -0.15) is 0 Å². The number of hydrogen-bond acceptors (Lipinski definition) is 4. The van der Waals surface area contributed by atoms with Gasteiger partial charge in [-0.1, -0.05) is 6.07 Å². The molecule has 0 aliphatic carbocycles. The first-order chi connectivity index (χ1) is 6.97. The van der Waals surface area contributed by atoms with Crippen molar-refractivity contribution in [1.29, 1.82) is 0 Å². The lowest BCUT2D eigenvalue weighted by atomic mass is 10.3. The Labute approximate surface area is 87.7 Å². The molecule has 0 radical (unpaired) electrons. The summed E-state index contributed by atoms with van der Waals surface area (Å²) in [5.41, 5.74) is -0.0747. The molecule has 0 fully saturated rings. The molecule has 1 aromatic rings. The van der Waals surface area contributed by atoms with Gasteiger partial charge < -0.3 is 4.52 Å². The van der Waals surface area contributed by atoms with Crippen LogP contribution in [0.25, 0.3) is 0 Å². The second-order valence-corrected chi connectivity index (χ2v) is 5.51. The summed E-state index contributed by atoms with van der Waals surface area (Å²) in [6.45, 7) is 3.50. The molecule has 82 valence electrons. The first kappa shape index (κ1) is 11.9. The van der Waals surface area contributed by atoms with E-state index in [9.17, 15) is 14.7 Å². The first-order valence-electron chi connectivity index (χ1n) is 4.44. The van der Waals surface area contributed by atoms with Gasteiger partial charge in [-0.3, -0.25) is 14.7 Å². The zero-order valence-corrected chi connectivity index (χ0v) is 9.44. The Bertz CT molecular complexity index is 418. The van der Waals surface area contributed by atoms with E-state index in [4.69, 9.17) is 4.52 Å². The molecule has 0 spiro atoms. The lowest BCUT2D eigenvalue weighted by Crippen LogP contribution is -2.07. The summed E-state index contributed by atoms with van der Waals surface area (Å²) in [7, 11) is -2.92. The second-order valence-electron chi connectivity index (χ2n) is 3.04. The maximum atomic E-state index is 11.9. The lowest BCUT2D eigenvalue weighted by Gasteiger charge is -2.11. The minimum Gasteiger partial charge on any atom is -0.326 e. The SMILES string of the molecule is CCOP(C)(=O)c1cccc([N+](=O)[O-])c1. The van der Waals surface area contributed by atoms with Crippen LogP contribution in [0.3, 0.4) is 0 Å². The summed E-state index contributed by atoms with van der Waals surface area (Å²) in [6.07, 6.45) is 0. The third-order valence-electron chi connectivity index (χ3n) is 1.89. The smallest absolute Gasteiger partial charge is 0.270 e. The fraction of sp³-hybridized carbons (Fsp3) is 0.333. The summed E-state index contributed by atoms with van der Waals surface area (Å²) >= 11 is 0. The van der Waals surface area contributed by atoms with E-state index in [1.807, 2.05) is 0 Å². The molecule has 1 aromatic carbocycles. The van der Waals surface area contributed by atoms with Gasteiger partial charge in [0.2, 0.25) is 7.37 Å². The largest absolute Gasteiger partial charge is 0.326 e. The van der Waals surface area contributed by atoms with Crippen molar-refractivity contribution in [1.82, 2.24) is 0 Å². The maximum Gasteiger partial charge on any atom is 0.270 e. The van der Waals surface area contributed by atoms with Crippen molar-refractivity contribution < 1.29 is 14.0 Å². The Balaban J connectivity index is 3.10. The van der Waals surface area contributed by atoms with Gasteiger partial charge in [-0.15, -0.1) is 0 Å². The highest BCUT2D eigenvalue weighted by molar-refractivity contribution is 7.66. The van der Waals surface area contributed by atoms with E-state index >= 15 is 0 Å². The third-order valence-corrected chi connectivity index (χ3v) is 3.85. The molecule has 0 bridgehead atoms. The van der Waals surface area contributed by atoms with E-state index in [2.05, 4.69) is 0 Å². The average Bonchev–Trinajstić information content (AvgIpc) is 2.18. The zero-order valence-electron chi connectivity index (χ0n) is 8.54. The Hall–Kier alpha value is -1.19. The summed E-state index contributed by atoms with van der Waals surface area (Å²) in [5, 5.41) is 10.9. The molecule has 6 heteroatoms. The molecule has 0 aromatic heterocycles. The number of nitro groups is 1. The van der Waals surface area contributed by atoms with Crippen LogP contribution in [0.1, 0.15) is 6.92 Å². The van der Waals surface area contributed by atoms with Crippen molar-refractivity contribution in [3.05, 3.63) is 34.4 Å². The van der Waals surface area contributed by atoms with E-state index in [0.29, 0.717) is 11.9 Å². The van der Waals surface area contributed by atoms with Crippen molar-refractivity contribution in [3.63, 3.8) is 0 Å². The van der Waals surface area contributed by atoms with Crippen LogP contribution in [-0.2, 0) is 9.09 Å². The Morgan fingerprint density at radius 1 is 1.53 bits per heavy atom. The highest BCUT2D eigenvalue weighted by Gasteiger charge is 2.20. The van der Waals surface area contributed by atoms with Gasteiger partial charge in [0.1, 0.15) is 0 Å². The Morgan fingerprint density at radius 2 is 2.20 bits per heavy atom. The van der Waals surface area contributed by atoms with E-state index in [1.165, 1.54) is 24.9 Å². The Kier molecular flexibility index (Phi) is 3.61. The molecule has 0 saturated carbocycles. The van der Waals surface area contributed by atoms with Crippen molar-refractivity contribution in [2.45, 2.75) is 6.92 Å². The average molecular weight is 229 g/mol. The van der Waals surface area contributed by atoms with Crippen LogP contribution in [-0.4, -0.2) is 18.2 Å². The van der Waals surface area contributed by atoms with Crippen molar-refractivity contribution in [2.75, 3.05) is 13.3 Å². The van der Waals surface area contributed by atoms with Gasteiger partial charge in [0.05, 0.1) is 11.5 Å². The number of rotatable bonds is 4. The molecule has 1 unspecified atom stereocenters. The van der Waals surface area contributed by atoms with Crippen molar-refractivity contribution in [2.24, 2.45) is 0 Å². The summed E-state index contributed by atoms with van der Waals surface area (Å²) in [5.74, 6) is 0. The normalized spacial score (nSPS) is 14.5. The molecule has 15 heavy (non-hydrogen) atoms. The van der Waals surface area contributed by atoms with E-state index in [1.54, 1.807) is 13.0 Å². The fourth-order valence-electron chi connectivity index (χ4n) is 1.18. The van der Waals surface area contributed by atoms with Crippen LogP contribution in [0.2, 0.25) is 0 Å². The van der Waals surface area contributed by atoms with Crippen LogP contribution >= 0.6 is 7.37 Å². The van der Waals surface area contributed by atoms with Gasteiger partial charge >= 0.3 is 0 Å². The van der Waals surface area contributed by atoms with E-state index < -0.39 is 12.3 Å². The lowest BCUT2D eigenvalue weighted by molar-refractivity contribution is -0.384. The standard InChI is InChI=1S/C9H12NO4P/c1-3-14-15(2,13)9-6-4-5-8(7-9)10(11)12/h4-7H,3H2,1-2H3. The molecule has 0 saturated heterocycles. The van der Waals surface area contributed by atoms with Crippen LogP contribution in [0, 0.1) is 10.1 Å². The summed E-state index contributed by atoms with van der Waals surface area (Å²) < 4.78 is 17.0. The summed E-state index contributed by atoms with van der Waals surface area (Å²) in [6, 6.07) is 5.72. The molecular weight excluding hydrogens is 217 g/mol. The molecule has 0 N–H and O–H groups in total. The van der Waals surface area contributed by atoms with Gasteiger partial charge in [0.25, 0.3) is 5.69 Å². The summed E-state index contributed by atoms with van der Waals surface area (Å²) in [4.78, 5) is 9.99. The van der Waals surface area contributed by atoms with Crippen LogP contribution in [0.4, 0.5) is 5.69 Å². The zero-order chi connectivity index (χ0) is 11.5. The number of hydrogen-bond donors (Lipinski definition) is 0. The minimum atomic E-state index is -2.92. The van der Waals surface area contributed by atoms with Crippen molar-refractivity contribution >= 4 is 18.4 Å². The molecule has 0 heterocycles. The number of nitrogens with zero attached hydrogens (tertiary/aromatic N) is 1. The van der Waals surface area contributed by atoms with Gasteiger partial charge in [0.15, 0.2) is 0 Å². The van der Waals surface area contributed by atoms with Crippen LogP contribution in [0.5, 0.6) is 0 Å². The van der Waals surface area contributed by atoms with Crippen LogP contribution in [0.15, 0.2) is 24.3 Å². The molecule has 1 atom stereocenters. The molecule has 0 amide bonds. The quantitative estimate of drug-likeness (QED) is 0.450. The Morgan fingerprint density at radius 3 is 2.73 bits per heavy atom. The molecule has 5 nitrogen and oxygen atoms in total. The molecule has 0 aliphatic rings. The topological polar surface area (TPSA) is 69.4 Å². The third kappa shape index (κ3) is 2.88. The monoisotopic (exact) mass is 229 g/mol. The van der Waals surface area contributed by atoms with E-state index in [-0.39, 0.29) is 5.69 Å². The fourth-order valence-corrected chi connectivity index (χ4v) is 2.55. The minimum absolute atomic E-state index is 0.0747. The second kappa shape index (κ2) is 4.55. The van der Waals surface area contributed by atoms with Gasteiger partial charge in [0, 0.05) is 24.1 Å². The maximum absolute atomic E-state index is 11.9. The highest BCUT2D eigenvalue weighted by atomic mass is 31.2. The highest BCUT2D eigenvalue weighted by Crippen LogP contribution is 2.41. The first-order valence-corrected chi connectivity index (χ1v) is 6.51. The van der Waals surface area contributed by atoms with Crippen LogP contribution < -0.4 is 5.30 Å². The predicted octanol–water partition coefficient (Wildman–Crippen LogP) is 2.16. The van der Waals surface area contributed by atoms with Gasteiger partial charge in [-0.05, 0) is 13.0 Å². The predicted molar refractivity (Wildman–Crippen MR) is 57.9 cm³/mol. The molecular formula is C9H12NO4P. The van der Waals surface area contributed by atoms with Gasteiger partial charge in [-0.25, -0.2) is 0 Å². The van der Waals surface area contributed by atoms with E-state index in [0.717, 1.165) is 0 Å². The molecule has 1 rings (SSSR count). The number of nitro benzene ring substituents is 1.